The predicted octanol–water partition coefficient (Wildman–Crippen LogP) is 2.78. The Morgan fingerprint density at radius 3 is 2.64 bits per heavy atom. The van der Waals surface area contributed by atoms with E-state index in [1.165, 1.54) is 0 Å². The molecule has 0 radical (unpaired) electrons. The molecule has 3 aliphatic rings. The molecule has 2 fully saturated rings. The highest BCUT2D eigenvalue weighted by atomic mass is 16.5. The molecule has 0 aromatic rings. The highest BCUT2D eigenvalue weighted by molar-refractivity contribution is 6.08. The lowest BCUT2D eigenvalue weighted by Gasteiger charge is -2.34. The van der Waals surface area contributed by atoms with Gasteiger partial charge in [-0.15, -0.1) is 0 Å². The minimum Gasteiger partial charge on any atom is -0.464 e. The van der Waals surface area contributed by atoms with Gasteiger partial charge in [0.25, 0.3) is 5.91 Å². The quantitative estimate of drug-likeness (QED) is 0.471. The molecule has 1 N–H and O–H groups in total. The Morgan fingerprint density at radius 1 is 1.24 bits per heavy atom. The van der Waals surface area contributed by atoms with Crippen LogP contribution in [0.3, 0.4) is 0 Å². The summed E-state index contributed by atoms with van der Waals surface area (Å²) >= 11 is 0. The summed E-state index contributed by atoms with van der Waals surface area (Å²) in [6.07, 6.45) is 11.5. The highest BCUT2D eigenvalue weighted by Crippen LogP contribution is 2.37. The molecule has 0 aromatic heterocycles. The molecule has 1 saturated carbocycles. The van der Waals surface area contributed by atoms with E-state index < -0.39 is 17.5 Å². The van der Waals surface area contributed by atoms with Crippen molar-refractivity contribution >= 4 is 17.9 Å². The lowest BCUT2D eigenvalue weighted by atomic mass is 9.75. The monoisotopic (exact) mass is 348 g/mol. The van der Waals surface area contributed by atoms with Crippen LogP contribution in [0, 0.1) is 11.8 Å². The summed E-state index contributed by atoms with van der Waals surface area (Å²) in [6, 6.07) is -0.461. The van der Waals surface area contributed by atoms with E-state index in [4.69, 9.17) is 4.74 Å². The third-order valence-electron chi connectivity index (χ3n) is 5.93. The Hall–Kier alpha value is -1.85. The Labute approximate surface area is 149 Å². The van der Waals surface area contributed by atoms with Crippen molar-refractivity contribution in [2.45, 2.75) is 63.8 Å². The lowest BCUT2D eigenvalue weighted by molar-refractivity contribution is -0.149. The molecule has 1 aliphatic heterocycles. The fourth-order valence-corrected chi connectivity index (χ4v) is 4.13. The van der Waals surface area contributed by atoms with Gasteiger partial charge in [0.1, 0.15) is 12.1 Å². The number of imide groups is 1. The molecule has 3 rings (SSSR count). The summed E-state index contributed by atoms with van der Waals surface area (Å²) in [6.45, 7) is 2.23. The number of nitrogens with one attached hydrogen (secondary N) is 1. The SMILES string of the molecule is CCC1CCC2(CC1)NC(=O)N(CC(=O)OC[C@H]1CC=CCC1)C2=O. The van der Waals surface area contributed by atoms with Crippen LogP contribution in [-0.4, -0.2) is 41.5 Å². The number of allylic oxidation sites excluding steroid dienone is 2. The molecule has 0 unspecified atom stereocenters. The Bertz CT molecular complexity index is 564. The maximum atomic E-state index is 12.8. The van der Waals surface area contributed by atoms with Gasteiger partial charge in [0.2, 0.25) is 0 Å². The van der Waals surface area contributed by atoms with E-state index >= 15 is 0 Å². The third kappa shape index (κ3) is 3.88. The number of hydrogen-bond acceptors (Lipinski definition) is 4. The van der Waals surface area contributed by atoms with E-state index in [1.807, 2.05) is 0 Å². The van der Waals surface area contributed by atoms with Gasteiger partial charge in [0.15, 0.2) is 0 Å². The largest absolute Gasteiger partial charge is 0.464 e. The first-order valence-corrected chi connectivity index (χ1v) is 9.49. The number of ether oxygens (including phenoxy) is 1. The standard InChI is InChI=1S/C19H28N2O4/c1-2-14-8-10-19(11-9-14)17(23)21(18(24)20-19)12-16(22)25-13-15-6-4-3-5-7-15/h3-4,14-15H,2,5-13H2,1H3,(H,20,24)/t14?,15-,19?/m0/s1. The molecule has 1 spiro atoms. The second-order valence-electron chi connectivity index (χ2n) is 7.59. The number of carbonyl (C=O) groups is 3. The van der Waals surface area contributed by atoms with Gasteiger partial charge in [-0.05, 0) is 56.8 Å². The zero-order valence-corrected chi connectivity index (χ0v) is 15.0. The van der Waals surface area contributed by atoms with Gasteiger partial charge in [-0.25, -0.2) is 4.79 Å². The minimum atomic E-state index is -0.794. The number of esters is 1. The lowest BCUT2D eigenvalue weighted by Crippen LogP contribution is -2.49. The average Bonchev–Trinajstić information content (AvgIpc) is 2.86. The van der Waals surface area contributed by atoms with Crippen molar-refractivity contribution in [3.63, 3.8) is 0 Å². The summed E-state index contributed by atoms with van der Waals surface area (Å²) in [5.74, 6) is 0.202. The van der Waals surface area contributed by atoms with Crippen molar-refractivity contribution in [3.05, 3.63) is 12.2 Å². The van der Waals surface area contributed by atoms with Gasteiger partial charge in [-0.1, -0.05) is 25.5 Å². The van der Waals surface area contributed by atoms with E-state index in [9.17, 15) is 14.4 Å². The van der Waals surface area contributed by atoms with Crippen LogP contribution in [0.4, 0.5) is 4.79 Å². The summed E-state index contributed by atoms with van der Waals surface area (Å²) in [5.41, 5.74) is -0.794. The second kappa shape index (κ2) is 7.58. The van der Waals surface area contributed by atoms with Gasteiger partial charge < -0.3 is 10.1 Å². The number of amides is 3. The smallest absolute Gasteiger partial charge is 0.326 e. The zero-order chi connectivity index (χ0) is 17.9. The van der Waals surface area contributed by atoms with Crippen molar-refractivity contribution in [2.75, 3.05) is 13.2 Å². The van der Waals surface area contributed by atoms with Crippen molar-refractivity contribution in [1.29, 1.82) is 0 Å². The van der Waals surface area contributed by atoms with Crippen LogP contribution in [0.5, 0.6) is 0 Å². The highest BCUT2D eigenvalue weighted by Gasteiger charge is 2.52. The van der Waals surface area contributed by atoms with Crippen molar-refractivity contribution in [3.8, 4) is 0 Å². The molecular weight excluding hydrogens is 320 g/mol. The predicted molar refractivity (Wildman–Crippen MR) is 92.7 cm³/mol. The van der Waals surface area contributed by atoms with Crippen molar-refractivity contribution in [1.82, 2.24) is 10.2 Å². The van der Waals surface area contributed by atoms with E-state index in [0.29, 0.717) is 31.3 Å². The Balaban J connectivity index is 1.52. The van der Waals surface area contributed by atoms with Crippen LogP contribution in [0.25, 0.3) is 0 Å². The number of rotatable bonds is 5. The van der Waals surface area contributed by atoms with Crippen LogP contribution in [0.1, 0.15) is 58.3 Å². The molecule has 6 heteroatoms. The summed E-state index contributed by atoms with van der Waals surface area (Å²) in [4.78, 5) is 38.1. The third-order valence-corrected chi connectivity index (χ3v) is 5.93. The molecular formula is C19H28N2O4. The first kappa shape index (κ1) is 18.0. The van der Waals surface area contributed by atoms with Crippen LogP contribution < -0.4 is 5.32 Å². The summed E-state index contributed by atoms with van der Waals surface area (Å²) in [5, 5.41) is 2.85. The van der Waals surface area contributed by atoms with E-state index in [0.717, 1.165) is 43.4 Å². The van der Waals surface area contributed by atoms with Crippen LogP contribution in [-0.2, 0) is 14.3 Å². The van der Waals surface area contributed by atoms with Crippen LogP contribution >= 0.6 is 0 Å². The molecule has 138 valence electrons. The van der Waals surface area contributed by atoms with E-state index in [1.54, 1.807) is 0 Å². The van der Waals surface area contributed by atoms with Gasteiger partial charge in [-0.2, -0.15) is 0 Å². The maximum absolute atomic E-state index is 12.8. The molecule has 1 heterocycles. The minimum absolute atomic E-state index is 0.260. The van der Waals surface area contributed by atoms with Gasteiger partial charge in [0.05, 0.1) is 6.61 Å². The zero-order valence-electron chi connectivity index (χ0n) is 15.0. The van der Waals surface area contributed by atoms with Crippen molar-refractivity contribution < 1.29 is 19.1 Å². The average molecular weight is 348 g/mol. The summed E-state index contributed by atoms with van der Waals surface area (Å²) in [7, 11) is 0. The molecule has 6 nitrogen and oxygen atoms in total. The number of urea groups is 1. The fraction of sp³-hybridized carbons (Fsp3) is 0.737. The number of carbonyl (C=O) groups excluding carboxylic acids is 3. The molecule has 0 bridgehead atoms. The first-order chi connectivity index (χ1) is 12.0. The molecule has 2 aliphatic carbocycles. The molecule has 3 amide bonds. The van der Waals surface area contributed by atoms with Gasteiger partial charge in [-0.3, -0.25) is 14.5 Å². The molecule has 1 atom stereocenters. The summed E-state index contributed by atoms with van der Waals surface area (Å²) < 4.78 is 5.30. The van der Waals surface area contributed by atoms with Crippen LogP contribution in [0.2, 0.25) is 0 Å². The molecule has 1 saturated heterocycles. The molecule has 0 aromatic carbocycles. The second-order valence-corrected chi connectivity index (χ2v) is 7.59. The Morgan fingerprint density at radius 2 is 2.00 bits per heavy atom. The number of hydrogen-bond donors (Lipinski definition) is 1. The van der Waals surface area contributed by atoms with Crippen LogP contribution in [0.15, 0.2) is 12.2 Å². The number of nitrogens with zero attached hydrogens (tertiary/aromatic N) is 1. The van der Waals surface area contributed by atoms with E-state index in [-0.39, 0.29) is 12.5 Å². The Kier molecular flexibility index (Phi) is 5.45. The fourth-order valence-electron chi connectivity index (χ4n) is 4.13. The molecule has 25 heavy (non-hydrogen) atoms. The first-order valence-electron chi connectivity index (χ1n) is 9.49. The maximum Gasteiger partial charge on any atom is 0.326 e. The van der Waals surface area contributed by atoms with Gasteiger partial charge in [0, 0.05) is 0 Å². The normalized spacial score (nSPS) is 32.1. The van der Waals surface area contributed by atoms with Gasteiger partial charge >= 0.3 is 12.0 Å². The van der Waals surface area contributed by atoms with E-state index in [2.05, 4.69) is 24.4 Å². The van der Waals surface area contributed by atoms with Crippen molar-refractivity contribution in [2.24, 2.45) is 11.8 Å². The topological polar surface area (TPSA) is 75.7 Å².